The summed E-state index contributed by atoms with van der Waals surface area (Å²) in [7, 11) is 0. The maximum atomic E-state index is 13.3. The minimum Gasteiger partial charge on any atom is -0.456 e. The van der Waals surface area contributed by atoms with Gasteiger partial charge in [-0.2, -0.15) is 0 Å². The summed E-state index contributed by atoms with van der Waals surface area (Å²) in [6.07, 6.45) is 1.81. The summed E-state index contributed by atoms with van der Waals surface area (Å²) in [6.45, 7) is 7.04. The highest BCUT2D eigenvalue weighted by molar-refractivity contribution is 5.97. The minimum absolute atomic E-state index is 0.135. The molecule has 1 saturated heterocycles. The highest BCUT2D eigenvalue weighted by atomic mass is 16.6. The summed E-state index contributed by atoms with van der Waals surface area (Å²) in [5, 5.41) is 7.52. The number of hydrogen-bond acceptors (Lipinski definition) is 6. The van der Waals surface area contributed by atoms with E-state index in [2.05, 4.69) is 49.6 Å². The topological polar surface area (TPSA) is 68.8 Å². The Hall–Kier alpha value is -4.29. The molecule has 0 radical (unpaired) electrons. The first-order valence-electron chi connectivity index (χ1n) is 13.9. The number of aryl methyl sites for hydroxylation is 2. The van der Waals surface area contributed by atoms with E-state index in [4.69, 9.17) is 14.2 Å². The number of hydrogen-bond donors (Lipinski definition) is 2. The summed E-state index contributed by atoms with van der Waals surface area (Å²) >= 11 is 0. The third-order valence-electron chi connectivity index (χ3n) is 8.49. The lowest BCUT2D eigenvalue weighted by molar-refractivity contribution is 0.0158. The molecule has 0 aromatic heterocycles. The van der Waals surface area contributed by atoms with Crippen molar-refractivity contribution in [2.75, 3.05) is 17.2 Å². The molecule has 0 saturated carbocycles. The molecule has 1 spiro atoms. The average Bonchev–Trinajstić information content (AvgIpc) is 3.55. The number of esters is 1. The van der Waals surface area contributed by atoms with Gasteiger partial charge in [-0.05, 0) is 69.5 Å². The zero-order valence-electron chi connectivity index (χ0n) is 22.9. The molecule has 6 heteroatoms. The number of rotatable bonds is 5. The Labute approximate surface area is 234 Å². The highest BCUT2D eigenvalue weighted by Gasteiger charge is 2.55. The molecule has 1 fully saturated rings. The minimum atomic E-state index is -1.13. The Morgan fingerprint density at radius 3 is 2.42 bits per heavy atom. The molecule has 2 N–H and O–H groups in total. The second-order valence-electron chi connectivity index (χ2n) is 11.0. The standard InChI is InChI=1S/C34H32N2O4/c1-21-16-17-27(22(2)20-21)36-33(18-9-19-38-33)23(3)35-28-13-8-15-30-31(28)34(26-12-6-7-14-29(26)39-30)25-11-5-4-10-24(25)32(37)40-34/h4-8,10-17,20,23,35-36H,9,18-19H2,1-3H3. The molecule has 7 rings (SSSR count). The quantitative estimate of drug-likeness (QED) is 0.263. The van der Waals surface area contributed by atoms with Crippen molar-refractivity contribution >= 4 is 17.3 Å². The third kappa shape index (κ3) is 3.63. The summed E-state index contributed by atoms with van der Waals surface area (Å²) < 4.78 is 19.3. The average molecular weight is 533 g/mol. The van der Waals surface area contributed by atoms with Crippen molar-refractivity contribution in [1.29, 1.82) is 0 Å². The molecule has 0 bridgehead atoms. The Morgan fingerprint density at radius 1 is 0.850 bits per heavy atom. The van der Waals surface area contributed by atoms with Gasteiger partial charge in [0.25, 0.3) is 0 Å². The second-order valence-corrected chi connectivity index (χ2v) is 11.0. The summed E-state index contributed by atoms with van der Waals surface area (Å²) in [6, 6.07) is 27.7. The number of ether oxygens (including phenoxy) is 3. The first kappa shape index (κ1) is 24.7. The number of carbonyl (C=O) groups excluding carboxylic acids is 1. The van der Waals surface area contributed by atoms with E-state index in [1.165, 1.54) is 11.1 Å². The van der Waals surface area contributed by atoms with E-state index in [9.17, 15) is 4.79 Å². The number of nitrogens with one attached hydrogen (secondary N) is 2. The second kappa shape index (κ2) is 9.14. The maximum absolute atomic E-state index is 13.3. The van der Waals surface area contributed by atoms with E-state index in [1.807, 2.05) is 66.7 Å². The molecule has 0 aliphatic carbocycles. The van der Waals surface area contributed by atoms with Crippen LogP contribution in [0.2, 0.25) is 0 Å². The van der Waals surface area contributed by atoms with E-state index < -0.39 is 11.3 Å². The van der Waals surface area contributed by atoms with Gasteiger partial charge in [0.05, 0.1) is 17.2 Å². The van der Waals surface area contributed by atoms with Crippen LogP contribution in [0.5, 0.6) is 11.5 Å². The lowest BCUT2D eigenvalue weighted by atomic mass is 9.77. The lowest BCUT2D eigenvalue weighted by Gasteiger charge is -2.41. The molecule has 4 aromatic carbocycles. The van der Waals surface area contributed by atoms with Crippen LogP contribution in [-0.2, 0) is 15.1 Å². The van der Waals surface area contributed by atoms with Gasteiger partial charge in [0, 0.05) is 29.1 Å². The Balaban J connectivity index is 1.34. The molecule has 3 unspecified atom stereocenters. The first-order chi connectivity index (χ1) is 19.4. The van der Waals surface area contributed by atoms with Crippen molar-refractivity contribution in [2.24, 2.45) is 0 Å². The van der Waals surface area contributed by atoms with Gasteiger partial charge in [-0.1, -0.05) is 60.2 Å². The highest BCUT2D eigenvalue weighted by Crippen LogP contribution is 2.58. The fourth-order valence-corrected chi connectivity index (χ4v) is 6.54. The van der Waals surface area contributed by atoms with Gasteiger partial charge in [-0.3, -0.25) is 0 Å². The summed E-state index contributed by atoms with van der Waals surface area (Å²) in [4.78, 5) is 13.3. The zero-order chi connectivity index (χ0) is 27.5. The van der Waals surface area contributed by atoms with Crippen molar-refractivity contribution in [1.82, 2.24) is 0 Å². The predicted molar refractivity (Wildman–Crippen MR) is 155 cm³/mol. The van der Waals surface area contributed by atoms with Crippen molar-refractivity contribution < 1.29 is 19.0 Å². The van der Waals surface area contributed by atoms with Crippen molar-refractivity contribution in [2.45, 2.75) is 51.0 Å². The van der Waals surface area contributed by atoms with E-state index >= 15 is 0 Å². The van der Waals surface area contributed by atoms with Crippen LogP contribution in [0.1, 0.15) is 57.9 Å². The van der Waals surface area contributed by atoms with E-state index in [0.29, 0.717) is 23.7 Å². The normalized spacial score (nSPS) is 23.0. The van der Waals surface area contributed by atoms with Gasteiger partial charge in [0.1, 0.15) is 11.5 Å². The summed E-state index contributed by atoms with van der Waals surface area (Å²) in [5.74, 6) is 0.995. The monoisotopic (exact) mass is 532 g/mol. The molecule has 6 nitrogen and oxygen atoms in total. The van der Waals surface area contributed by atoms with Crippen molar-refractivity contribution in [3.05, 3.63) is 118 Å². The van der Waals surface area contributed by atoms with Gasteiger partial charge in [-0.25, -0.2) is 4.79 Å². The van der Waals surface area contributed by atoms with Gasteiger partial charge in [-0.15, -0.1) is 0 Å². The number of carbonyl (C=O) groups is 1. The largest absolute Gasteiger partial charge is 0.456 e. The van der Waals surface area contributed by atoms with Crippen LogP contribution in [-0.4, -0.2) is 24.3 Å². The molecule has 3 aliphatic rings. The van der Waals surface area contributed by atoms with E-state index in [0.717, 1.165) is 40.9 Å². The zero-order valence-corrected chi connectivity index (χ0v) is 22.9. The fraction of sp³-hybridized carbons (Fsp3) is 0.265. The van der Waals surface area contributed by atoms with Crippen LogP contribution < -0.4 is 15.4 Å². The van der Waals surface area contributed by atoms with Crippen molar-refractivity contribution in [3.63, 3.8) is 0 Å². The van der Waals surface area contributed by atoms with E-state index in [-0.39, 0.29) is 12.0 Å². The van der Waals surface area contributed by atoms with Gasteiger partial charge in [0.2, 0.25) is 0 Å². The molecule has 3 heterocycles. The number of para-hydroxylation sites is 1. The molecule has 4 aromatic rings. The molecule has 202 valence electrons. The first-order valence-corrected chi connectivity index (χ1v) is 13.9. The number of fused-ring (bicyclic) bond motifs is 6. The van der Waals surface area contributed by atoms with Gasteiger partial charge < -0.3 is 24.8 Å². The SMILES string of the molecule is Cc1ccc(NC2(C(C)Nc3cccc4c3C3(OC(=O)c5ccccc53)c3ccccc3O4)CCCO2)c(C)c1. The van der Waals surface area contributed by atoms with E-state index in [1.54, 1.807) is 0 Å². The van der Waals surface area contributed by atoms with Crippen LogP contribution in [0.15, 0.2) is 84.9 Å². The molecule has 0 amide bonds. The van der Waals surface area contributed by atoms with Gasteiger partial charge >= 0.3 is 5.97 Å². The van der Waals surface area contributed by atoms with Crippen LogP contribution in [0.3, 0.4) is 0 Å². The molecular formula is C34H32N2O4. The Morgan fingerprint density at radius 2 is 1.62 bits per heavy atom. The Bertz CT molecular complexity index is 1640. The summed E-state index contributed by atoms with van der Waals surface area (Å²) in [5.41, 5.74) is 5.53. The molecule has 40 heavy (non-hydrogen) atoms. The third-order valence-corrected chi connectivity index (χ3v) is 8.49. The predicted octanol–water partition coefficient (Wildman–Crippen LogP) is 7.29. The smallest absolute Gasteiger partial charge is 0.340 e. The van der Waals surface area contributed by atoms with Crippen LogP contribution in [0, 0.1) is 13.8 Å². The number of anilines is 2. The lowest BCUT2D eigenvalue weighted by Crippen LogP contribution is -2.51. The van der Waals surface area contributed by atoms with Crippen molar-refractivity contribution in [3.8, 4) is 11.5 Å². The van der Waals surface area contributed by atoms with Gasteiger partial charge in [0.15, 0.2) is 11.3 Å². The number of benzene rings is 4. The fourth-order valence-electron chi connectivity index (χ4n) is 6.54. The molecule has 3 atom stereocenters. The molecule has 3 aliphatic heterocycles. The Kier molecular flexibility index (Phi) is 5.65. The van der Waals surface area contributed by atoms with Crippen LogP contribution >= 0.6 is 0 Å². The molecular weight excluding hydrogens is 500 g/mol. The van der Waals surface area contributed by atoms with Crippen LogP contribution in [0.25, 0.3) is 0 Å². The van der Waals surface area contributed by atoms with Crippen LogP contribution in [0.4, 0.5) is 11.4 Å². The maximum Gasteiger partial charge on any atom is 0.340 e.